The molecule has 2 aromatic rings. The number of likely N-dealkylation sites (N-methyl/N-ethyl adjacent to an activating group) is 1. The molecule has 3 rings (SSSR count). The number of nitrogens with two attached hydrogens (primary N) is 1. The van der Waals surface area contributed by atoms with Crippen LogP contribution in [0.1, 0.15) is 18.1 Å². The number of nitrogens with zero attached hydrogens (tertiary/aromatic N) is 4. The summed E-state index contributed by atoms with van der Waals surface area (Å²) in [6.07, 6.45) is 1.64. The molecule has 1 atom stereocenters. The number of hydrogen-bond donors (Lipinski definition) is 3. The molecule has 1 aliphatic rings. The second kappa shape index (κ2) is 12.6. The lowest BCUT2D eigenvalue weighted by atomic mass is 10.1. The van der Waals surface area contributed by atoms with Crippen molar-refractivity contribution in [2.24, 2.45) is 0 Å². The molecule has 1 aliphatic heterocycles. The number of carbonyl (C=O) groups excluding carboxylic acids is 3. The van der Waals surface area contributed by atoms with Crippen molar-refractivity contribution in [3.05, 3.63) is 72.3 Å². The number of amides is 4. The standard InChI is InChI=1S/C26H35N7O3/c1-4-13-32(5-2)33(26(36)29-15-20-9-7-6-8-10-20)24-17-30(25(35)18-31(24)19-34)16-21-11-12-22(27)23(14-21)28-3/h4,6-12,14,19,24,28H,1,5,13,15-18,27H2,2-3H3,(H,29,36). The molecule has 10 nitrogen and oxygen atoms in total. The summed E-state index contributed by atoms with van der Waals surface area (Å²) in [5, 5.41) is 9.34. The molecule has 0 bridgehead atoms. The van der Waals surface area contributed by atoms with Crippen molar-refractivity contribution in [1.29, 1.82) is 0 Å². The van der Waals surface area contributed by atoms with Crippen molar-refractivity contribution in [1.82, 2.24) is 25.1 Å². The maximum absolute atomic E-state index is 13.5. The Hall–Kier alpha value is -4.05. The van der Waals surface area contributed by atoms with E-state index in [0.29, 0.717) is 38.3 Å². The van der Waals surface area contributed by atoms with E-state index in [2.05, 4.69) is 17.2 Å². The molecule has 0 aromatic heterocycles. The average molecular weight is 494 g/mol. The molecule has 36 heavy (non-hydrogen) atoms. The highest BCUT2D eigenvalue weighted by Gasteiger charge is 2.39. The highest BCUT2D eigenvalue weighted by molar-refractivity contribution is 5.82. The van der Waals surface area contributed by atoms with Crippen LogP contribution < -0.4 is 16.4 Å². The minimum Gasteiger partial charge on any atom is -0.397 e. The van der Waals surface area contributed by atoms with Crippen molar-refractivity contribution in [3.63, 3.8) is 0 Å². The fraction of sp³-hybridized carbons (Fsp3) is 0.346. The molecule has 0 aliphatic carbocycles. The second-order valence-electron chi connectivity index (χ2n) is 8.49. The Balaban J connectivity index is 1.86. The Morgan fingerprint density at radius 2 is 1.97 bits per heavy atom. The van der Waals surface area contributed by atoms with Crippen LogP contribution in [0.5, 0.6) is 0 Å². The number of urea groups is 1. The monoisotopic (exact) mass is 493 g/mol. The lowest BCUT2D eigenvalue weighted by Gasteiger charge is -2.47. The van der Waals surface area contributed by atoms with Crippen molar-refractivity contribution in [2.45, 2.75) is 26.2 Å². The van der Waals surface area contributed by atoms with Crippen molar-refractivity contribution in [2.75, 3.05) is 44.3 Å². The van der Waals surface area contributed by atoms with Crippen LogP contribution in [-0.4, -0.2) is 77.6 Å². The lowest BCUT2D eigenvalue weighted by molar-refractivity contribution is -0.157. The summed E-state index contributed by atoms with van der Waals surface area (Å²) in [6.45, 7) is 7.32. The molecule has 1 heterocycles. The van der Waals surface area contributed by atoms with Crippen LogP contribution in [0.2, 0.25) is 0 Å². The van der Waals surface area contributed by atoms with Gasteiger partial charge >= 0.3 is 6.03 Å². The van der Waals surface area contributed by atoms with Crippen LogP contribution in [0.3, 0.4) is 0 Å². The summed E-state index contributed by atoms with van der Waals surface area (Å²) in [5.41, 5.74) is 9.21. The predicted octanol–water partition coefficient (Wildman–Crippen LogP) is 2.07. The Morgan fingerprint density at radius 3 is 2.61 bits per heavy atom. The highest BCUT2D eigenvalue weighted by Crippen LogP contribution is 2.23. The van der Waals surface area contributed by atoms with Crippen LogP contribution in [0, 0.1) is 0 Å². The van der Waals surface area contributed by atoms with Gasteiger partial charge in [0.05, 0.1) is 17.9 Å². The van der Waals surface area contributed by atoms with Gasteiger partial charge in [0.15, 0.2) is 0 Å². The number of carbonyl (C=O) groups is 3. The van der Waals surface area contributed by atoms with Crippen molar-refractivity contribution >= 4 is 29.7 Å². The van der Waals surface area contributed by atoms with E-state index in [1.54, 1.807) is 24.1 Å². The van der Waals surface area contributed by atoms with Crippen LogP contribution in [-0.2, 0) is 22.7 Å². The first-order valence-electron chi connectivity index (χ1n) is 11.9. The van der Waals surface area contributed by atoms with E-state index in [0.717, 1.165) is 16.8 Å². The molecular weight excluding hydrogens is 458 g/mol. The maximum Gasteiger partial charge on any atom is 0.334 e. The SMILES string of the molecule is C=CCN(CC)N(C(=O)NCc1ccccc1)C1CN(Cc2ccc(N)c(NC)c2)C(=O)CN1C=O. The minimum absolute atomic E-state index is 0.129. The molecule has 0 radical (unpaired) electrons. The fourth-order valence-corrected chi connectivity index (χ4v) is 4.21. The van der Waals surface area contributed by atoms with Gasteiger partial charge in [0.25, 0.3) is 0 Å². The first kappa shape index (κ1) is 26.6. The Morgan fingerprint density at radius 1 is 1.22 bits per heavy atom. The zero-order valence-corrected chi connectivity index (χ0v) is 20.9. The first-order valence-corrected chi connectivity index (χ1v) is 11.9. The number of nitrogen functional groups attached to an aromatic ring is 1. The molecule has 1 fully saturated rings. The molecule has 0 saturated carbocycles. The number of hydrazine groups is 1. The van der Waals surface area contributed by atoms with Gasteiger partial charge in [0.2, 0.25) is 12.3 Å². The van der Waals surface area contributed by atoms with E-state index in [4.69, 9.17) is 5.73 Å². The summed E-state index contributed by atoms with van der Waals surface area (Å²) in [6, 6.07) is 14.8. The summed E-state index contributed by atoms with van der Waals surface area (Å²) in [7, 11) is 1.78. The predicted molar refractivity (Wildman–Crippen MR) is 140 cm³/mol. The number of rotatable bonds is 11. The number of piperazine rings is 1. The van der Waals surface area contributed by atoms with Gasteiger partial charge in [-0.15, -0.1) is 6.58 Å². The zero-order valence-electron chi connectivity index (χ0n) is 20.9. The minimum atomic E-state index is -0.687. The number of benzene rings is 2. The van der Waals surface area contributed by atoms with Crippen molar-refractivity contribution in [3.8, 4) is 0 Å². The molecule has 10 heteroatoms. The Bertz CT molecular complexity index is 1060. The molecule has 4 N–H and O–H groups in total. The third-order valence-electron chi connectivity index (χ3n) is 6.12. The number of hydrogen-bond acceptors (Lipinski definition) is 6. The quantitative estimate of drug-likeness (QED) is 0.191. The molecule has 4 amide bonds. The Labute approximate surface area is 212 Å². The first-order chi connectivity index (χ1) is 17.4. The van der Waals surface area contributed by atoms with E-state index >= 15 is 0 Å². The van der Waals surface area contributed by atoms with E-state index in [1.165, 1.54) is 9.91 Å². The zero-order chi connectivity index (χ0) is 26.1. The summed E-state index contributed by atoms with van der Waals surface area (Å²) >= 11 is 0. The fourth-order valence-electron chi connectivity index (χ4n) is 4.21. The molecular formula is C26H35N7O3. The maximum atomic E-state index is 13.5. The normalized spacial score (nSPS) is 15.5. The van der Waals surface area contributed by atoms with Gasteiger partial charge in [-0.3, -0.25) is 9.59 Å². The van der Waals surface area contributed by atoms with Gasteiger partial charge in [-0.1, -0.05) is 49.4 Å². The van der Waals surface area contributed by atoms with E-state index in [9.17, 15) is 14.4 Å². The van der Waals surface area contributed by atoms with Gasteiger partial charge in [-0.2, -0.15) is 0 Å². The highest BCUT2D eigenvalue weighted by atomic mass is 16.2. The molecule has 0 spiro atoms. The summed E-state index contributed by atoms with van der Waals surface area (Å²) < 4.78 is 0. The van der Waals surface area contributed by atoms with Gasteiger partial charge in [0.1, 0.15) is 12.7 Å². The van der Waals surface area contributed by atoms with Crippen molar-refractivity contribution < 1.29 is 14.4 Å². The largest absolute Gasteiger partial charge is 0.397 e. The van der Waals surface area contributed by atoms with Crippen LogP contribution >= 0.6 is 0 Å². The van der Waals surface area contributed by atoms with Gasteiger partial charge in [-0.05, 0) is 23.3 Å². The third-order valence-corrected chi connectivity index (χ3v) is 6.12. The number of nitrogens with one attached hydrogen (secondary N) is 2. The van der Waals surface area contributed by atoms with Gasteiger partial charge in [-0.25, -0.2) is 14.8 Å². The van der Waals surface area contributed by atoms with E-state index < -0.39 is 6.17 Å². The lowest BCUT2D eigenvalue weighted by Crippen LogP contribution is -2.67. The molecule has 192 valence electrons. The van der Waals surface area contributed by atoms with Crippen LogP contribution in [0.25, 0.3) is 0 Å². The molecule has 2 aromatic carbocycles. The summed E-state index contributed by atoms with van der Waals surface area (Å²) in [4.78, 5) is 41.5. The molecule has 1 unspecified atom stereocenters. The molecule has 1 saturated heterocycles. The number of anilines is 2. The van der Waals surface area contributed by atoms with Crippen LogP contribution in [0.15, 0.2) is 61.2 Å². The second-order valence-corrected chi connectivity index (χ2v) is 8.49. The van der Waals surface area contributed by atoms with Gasteiger partial charge in [0, 0.05) is 33.2 Å². The van der Waals surface area contributed by atoms with E-state index in [-0.39, 0.29) is 25.0 Å². The summed E-state index contributed by atoms with van der Waals surface area (Å²) in [5.74, 6) is -0.197. The van der Waals surface area contributed by atoms with Gasteiger partial charge < -0.3 is 26.2 Å². The Kier molecular flexibility index (Phi) is 9.29. The van der Waals surface area contributed by atoms with Crippen LogP contribution in [0.4, 0.5) is 16.2 Å². The smallest absolute Gasteiger partial charge is 0.334 e. The third kappa shape index (κ3) is 6.33. The topological polar surface area (TPSA) is 114 Å². The van der Waals surface area contributed by atoms with E-state index in [1.807, 2.05) is 54.4 Å². The average Bonchev–Trinajstić information content (AvgIpc) is 2.90.